The number of rotatable bonds is 2. The minimum atomic E-state index is 0.152. The largest absolute Gasteiger partial charge is 0.392 e. The van der Waals surface area contributed by atoms with Crippen molar-refractivity contribution < 1.29 is 5.11 Å². The zero-order valence-electron chi connectivity index (χ0n) is 10.4. The number of nitrogens with zero attached hydrogens (tertiary/aromatic N) is 1. The SMILES string of the molecule is OCc1ccccc1N1CC2(CCCCC2)C1. The van der Waals surface area contributed by atoms with Crippen LogP contribution >= 0.6 is 0 Å². The Bertz CT molecular complexity index is 388. The van der Waals surface area contributed by atoms with E-state index in [4.69, 9.17) is 0 Å². The third-order valence-corrected chi connectivity index (χ3v) is 4.47. The van der Waals surface area contributed by atoms with Gasteiger partial charge in [-0.1, -0.05) is 37.5 Å². The van der Waals surface area contributed by atoms with Gasteiger partial charge in [0.05, 0.1) is 6.61 Å². The van der Waals surface area contributed by atoms with Gasteiger partial charge in [-0.15, -0.1) is 0 Å². The lowest BCUT2D eigenvalue weighted by atomic mass is 9.68. The van der Waals surface area contributed by atoms with Crippen LogP contribution in [0.2, 0.25) is 0 Å². The second-order valence-electron chi connectivity index (χ2n) is 5.70. The van der Waals surface area contributed by atoms with E-state index in [0.717, 1.165) is 5.56 Å². The van der Waals surface area contributed by atoms with Crippen LogP contribution < -0.4 is 4.90 Å². The second-order valence-corrected chi connectivity index (χ2v) is 5.70. The van der Waals surface area contributed by atoms with E-state index < -0.39 is 0 Å². The Labute approximate surface area is 103 Å². The molecule has 1 heterocycles. The van der Waals surface area contributed by atoms with Crippen molar-refractivity contribution in [1.29, 1.82) is 0 Å². The number of aliphatic hydroxyl groups is 1. The summed E-state index contributed by atoms with van der Waals surface area (Å²) in [7, 11) is 0. The zero-order valence-corrected chi connectivity index (χ0v) is 10.4. The molecule has 0 amide bonds. The standard InChI is InChI=1S/C15H21NO/c17-10-13-6-2-3-7-14(13)16-11-15(12-16)8-4-1-5-9-15/h2-3,6-7,17H,1,4-5,8-12H2. The molecule has 2 fully saturated rings. The van der Waals surface area contributed by atoms with E-state index in [1.807, 2.05) is 12.1 Å². The van der Waals surface area contributed by atoms with Crippen LogP contribution in [0.1, 0.15) is 37.7 Å². The maximum Gasteiger partial charge on any atom is 0.0702 e. The minimum Gasteiger partial charge on any atom is -0.392 e. The smallest absolute Gasteiger partial charge is 0.0702 e. The monoisotopic (exact) mass is 231 g/mol. The van der Waals surface area contributed by atoms with E-state index >= 15 is 0 Å². The van der Waals surface area contributed by atoms with Gasteiger partial charge >= 0.3 is 0 Å². The summed E-state index contributed by atoms with van der Waals surface area (Å²) < 4.78 is 0. The van der Waals surface area contributed by atoms with Gasteiger partial charge in [-0.25, -0.2) is 0 Å². The number of hydrogen-bond donors (Lipinski definition) is 1. The molecule has 1 aliphatic carbocycles. The summed E-state index contributed by atoms with van der Waals surface area (Å²) in [5.74, 6) is 0. The molecular weight excluding hydrogens is 210 g/mol. The maximum atomic E-state index is 9.36. The Kier molecular flexibility index (Phi) is 2.83. The van der Waals surface area contributed by atoms with Gasteiger partial charge in [-0.2, -0.15) is 0 Å². The molecule has 2 nitrogen and oxygen atoms in total. The van der Waals surface area contributed by atoms with E-state index in [0.29, 0.717) is 5.41 Å². The number of benzene rings is 1. The van der Waals surface area contributed by atoms with Crippen molar-refractivity contribution in [3.63, 3.8) is 0 Å². The van der Waals surface area contributed by atoms with Gasteiger partial charge in [0.2, 0.25) is 0 Å². The minimum absolute atomic E-state index is 0.152. The highest BCUT2D eigenvalue weighted by atomic mass is 16.3. The van der Waals surface area contributed by atoms with Crippen LogP contribution in [-0.4, -0.2) is 18.2 Å². The van der Waals surface area contributed by atoms with Gasteiger partial charge < -0.3 is 10.0 Å². The van der Waals surface area contributed by atoms with Gasteiger partial charge in [0.25, 0.3) is 0 Å². The number of hydrogen-bond acceptors (Lipinski definition) is 2. The average Bonchev–Trinajstić information content (AvgIpc) is 2.37. The Hall–Kier alpha value is -1.02. The van der Waals surface area contributed by atoms with Crippen molar-refractivity contribution in [2.75, 3.05) is 18.0 Å². The molecule has 2 heteroatoms. The Morgan fingerprint density at radius 1 is 1.06 bits per heavy atom. The molecule has 1 aromatic rings. The third-order valence-electron chi connectivity index (χ3n) is 4.47. The molecule has 17 heavy (non-hydrogen) atoms. The quantitative estimate of drug-likeness (QED) is 0.846. The van der Waals surface area contributed by atoms with Gasteiger partial charge in [-0.05, 0) is 18.9 Å². The molecule has 1 saturated carbocycles. The highest BCUT2D eigenvalue weighted by Gasteiger charge is 2.43. The molecule has 1 aromatic carbocycles. The van der Waals surface area contributed by atoms with Gasteiger partial charge in [0, 0.05) is 29.8 Å². The molecule has 1 aliphatic heterocycles. The number of anilines is 1. The van der Waals surface area contributed by atoms with Crippen LogP contribution in [-0.2, 0) is 6.61 Å². The second kappa shape index (κ2) is 4.34. The first kappa shape index (κ1) is 11.1. The van der Waals surface area contributed by atoms with Crippen molar-refractivity contribution in [3.05, 3.63) is 29.8 Å². The van der Waals surface area contributed by atoms with E-state index in [1.54, 1.807) is 0 Å². The molecule has 0 atom stereocenters. The van der Waals surface area contributed by atoms with Crippen molar-refractivity contribution >= 4 is 5.69 Å². The molecule has 1 N–H and O–H groups in total. The topological polar surface area (TPSA) is 23.5 Å². The van der Waals surface area contributed by atoms with E-state index in [1.165, 1.54) is 50.9 Å². The molecule has 3 rings (SSSR count). The van der Waals surface area contributed by atoms with Crippen molar-refractivity contribution in [3.8, 4) is 0 Å². The van der Waals surface area contributed by atoms with E-state index in [-0.39, 0.29) is 6.61 Å². The first-order valence-corrected chi connectivity index (χ1v) is 6.77. The molecule has 0 radical (unpaired) electrons. The lowest BCUT2D eigenvalue weighted by Crippen LogP contribution is -2.57. The van der Waals surface area contributed by atoms with Gasteiger partial charge in [0.1, 0.15) is 0 Å². The normalized spacial score (nSPS) is 22.5. The predicted octanol–water partition coefficient (Wildman–Crippen LogP) is 2.95. The predicted molar refractivity (Wildman–Crippen MR) is 70.1 cm³/mol. The highest BCUT2D eigenvalue weighted by Crippen LogP contribution is 2.45. The third kappa shape index (κ3) is 1.95. The zero-order chi connectivity index (χ0) is 11.7. The van der Waals surface area contributed by atoms with E-state index in [9.17, 15) is 5.11 Å². The summed E-state index contributed by atoms with van der Waals surface area (Å²) in [5.41, 5.74) is 2.92. The Balaban J connectivity index is 1.72. The molecule has 0 aromatic heterocycles. The van der Waals surface area contributed by atoms with Gasteiger partial charge in [-0.3, -0.25) is 0 Å². The lowest BCUT2D eigenvalue weighted by molar-refractivity contribution is 0.139. The maximum absolute atomic E-state index is 9.36. The molecule has 0 unspecified atom stereocenters. The van der Waals surface area contributed by atoms with Crippen LogP contribution in [0, 0.1) is 5.41 Å². The fourth-order valence-electron chi connectivity index (χ4n) is 3.50. The summed E-state index contributed by atoms with van der Waals surface area (Å²) in [6, 6.07) is 8.24. The molecule has 2 aliphatic rings. The number of para-hydroxylation sites is 1. The van der Waals surface area contributed by atoms with Crippen LogP contribution in [0.4, 0.5) is 5.69 Å². The summed E-state index contributed by atoms with van der Waals surface area (Å²) in [6.45, 7) is 2.55. The van der Waals surface area contributed by atoms with Crippen LogP contribution in [0.3, 0.4) is 0 Å². The van der Waals surface area contributed by atoms with E-state index in [2.05, 4.69) is 17.0 Å². The summed E-state index contributed by atoms with van der Waals surface area (Å²) >= 11 is 0. The Morgan fingerprint density at radius 3 is 2.47 bits per heavy atom. The summed E-state index contributed by atoms with van der Waals surface area (Å²) in [4.78, 5) is 2.44. The van der Waals surface area contributed by atoms with Crippen LogP contribution in [0.15, 0.2) is 24.3 Å². The molecular formula is C15H21NO. The highest BCUT2D eigenvalue weighted by molar-refractivity contribution is 5.56. The molecule has 92 valence electrons. The molecule has 0 bridgehead atoms. The summed E-state index contributed by atoms with van der Waals surface area (Å²) in [5, 5.41) is 9.36. The average molecular weight is 231 g/mol. The summed E-state index contributed by atoms with van der Waals surface area (Å²) in [6.07, 6.45) is 7.07. The van der Waals surface area contributed by atoms with Crippen LogP contribution in [0.5, 0.6) is 0 Å². The van der Waals surface area contributed by atoms with Gasteiger partial charge in [0.15, 0.2) is 0 Å². The van der Waals surface area contributed by atoms with Crippen molar-refractivity contribution in [2.45, 2.75) is 38.7 Å². The first-order valence-electron chi connectivity index (χ1n) is 6.77. The lowest BCUT2D eigenvalue weighted by Gasteiger charge is -2.54. The number of aliphatic hydroxyl groups excluding tert-OH is 1. The Morgan fingerprint density at radius 2 is 1.76 bits per heavy atom. The van der Waals surface area contributed by atoms with Crippen molar-refractivity contribution in [2.24, 2.45) is 5.41 Å². The first-order chi connectivity index (χ1) is 8.33. The van der Waals surface area contributed by atoms with Crippen LogP contribution in [0.25, 0.3) is 0 Å². The fraction of sp³-hybridized carbons (Fsp3) is 0.600. The molecule has 1 saturated heterocycles. The fourth-order valence-corrected chi connectivity index (χ4v) is 3.50. The van der Waals surface area contributed by atoms with Crippen molar-refractivity contribution in [1.82, 2.24) is 0 Å². The molecule has 1 spiro atoms.